The van der Waals surface area contributed by atoms with Crippen molar-refractivity contribution in [2.75, 3.05) is 25.9 Å². The zero-order chi connectivity index (χ0) is 13.2. The van der Waals surface area contributed by atoms with E-state index in [4.69, 9.17) is 5.73 Å². The molecule has 0 spiro atoms. The summed E-state index contributed by atoms with van der Waals surface area (Å²) in [5, 5.41) is 0. The standard InChI is InChI=1S/C11H18N4O2S/c1-15-6-2-3-9(8-15)14-18(16,17)10-4-5-13-11(12)7-10/h4-5,7,9,14H,2-3,6,8H2,1H3,(H2,12,13). The number of aromatic nitrogens is 1. The van der Waals surface area contributed by atoms with Crippen molar-refractivity contribution < 1.29 is 8.42 Å². The van der Waals surface area contributed by atoms with Crippen molar-refractivity contribution in [2.45, 2.75) is 23.8 Å². The number of nitrogens with zero attached hydrogens (tertiary/aromatic N) is 2. The number of likely N-dealkylation sites (tertiary alicyclic amines) is 1. The van der Waals surface area contributed by atoms with Gasteiger partial charge < -0.3 is 10.6 Å². The fourth-order valence-corrected chi connectivity index (χ4v) is 3.43. The lowest BCUT2D eigenvalue weighted by atomic mass is 10.1. The van der Waals surface area contributed by atoms with Gasteiger partial charge in [0.15, 0.2) is 0 Å². The van der Waals surface area contributed by atoms with Crippen molar-refractivity contribution >= 4 is 15.8 Å². The van der Waals surface area contributed by atoms with Crippen LogP contribution in [-0.4, -0.2) is 44.5 Å². The third kappa shape index (κ3) is 3.18. The van der Waals surface area contributed by atoms with Gasteiger partial charge in [0.1, 0.15) is 5.82 Å². The summed E-state index contributed by atoms with van der Waals surface area (Å²) in [6, 6.07) is 2.78. The van der Waals surface area contributed by atoms with Gasteiger partial charge in [-0.15, -0.1) is 0 Å². The smallest absolute Gasteiger partial charge is 0.241 e. The second kappa shape index (κ2) is 5.21. The molecule has 0 radical (unpaired) electrons. The molecule has 1 saturated heterocycles. The fraction of sp³-hybridized carbons (Fsp3) is 0.545. The minimum absolute atomic E-state index is 0.0388. The first-order valence-electron chi connectivity index (χ1n) is 5.90. The summed E-state index contributed by atoms with van der Waals surface area (Å²) < 4.78 is 27.0. The number of hydrogen-bond donors (Lipinski definition) is 2. The summed E-state index contributed by atoms with van der Waals surface area (Å²) in [6.45, 7) is 1.75. The van der Waals surface area contributed by atoms with Crippen LogP contribution >= 0.6 is 0 Å². The van der Waals surface area contributed by atoms with Crippen molar-refractivity contribution in [3.8, 4) is 0 Å². The molecule has 3 N–H and O–H groups in total. The van der Waals surface area contributed by atoms with Crippen LogP contribution in [0.25, 0.3) is 0 Å². The van der Waals surface area contributed by atoms with E-state index < -0.39 is 10.0 Å². The normalized spacial score (nSPS) is 21.9. The van der Waals surface area contributed by atoms with Crippen LogP contribution in [0.3, 0.4) is 0 Å². The van der Waals surface area contributed by atoms with Crippen LogP contribution in [0.4, 0.5) is 5.82 Å². The van der Waals surface area contributed by atoms with Crippen molar-refractivity contribution in [3.05, 3.63) is 18.3 Å². The first-order chi connectivity index (χ1) is 8.47. The molecule has 0 aliphatic carbocycles. The maximum Gasteiger partial charge on any atom is 0.241 e. The lowest BCUT2D eigenvalue weighted by Gasteiger charge is -2.29. The van der Waals surface area contributed by atoms with Crippen molar-refractivity contribution in [2.24, 2.45) is 0 Å². The van der Waals surface area contributed by atoms with Crippen LogP contribution in [0.15, 0.2) is 23.2 Å². The number of rotatable bonds is 3. The predicted octanol–water partition coefficient (Wildman–Crippen LogP) is 0.0363. The molecule has 1 aromatic rings. The van der Waals surface area contributed by atoms with E-state index in [1.807, 2.05) is 7.05 Å². The molecule has 0 saturated carbocycles. The predicted molar refractivity (Wildman–Crippen MR) is 69.5 cm³/mol. The average molecular weight is 270 g/mol. The Morgan fingerprint density at radius 1 is 1.56 bits per heavy atom. The van der Waals surface area contributed by atoms with E-state index in [9.17, 15) is 8.42 Å². The third-order valence-corrected chi connectivity index (χ3v) is 4.53. The molecule has 1 unspecified atom stereocenters. The highest BCUT2D eigenvalue weighted by Crippen LogP contribution is 2.14. The van der Waals surface area contributed by atoms with E-state index >= 15 is 0 Å². The molecule has 7 heteroatoms. The zero-order valence-electron chi connectivity index (χ0n) is 10.3. The van der Waals surface area contributed by atoms with Gasteiger partial charge in [-0.25, -0.2) is 18.1 Å². The Labute approximate surface area is 107 Å². The maximum atomic E-state index is 12.1. The van der Waals surface area contributed by atoms with Crippen LogP contribution in [0, 0.1) is 0 Å². The first-order valence-corrected chi connectivity index (χ1v) is 7.38. The molecule has 1 fully saturated rings. The number of piperidine rings is 1. The second-order valence-corrected chi connectivity index (χ2v) is 6.35. The number of nitrogen functional groups attached to an aromatic ring is 1. The molecule has 18 heavy (non-hydrogen) atoms. The van der Waals surface area contributed by atoms with E-state index in [1.54, 1.807) is 0 Å². The Balaban J connectivity index is 2.12. The molecule has 1 aliphatic rings. The number of likely N-dealkylation sites (N-methyl/N-ethyl adjacent to an activating group) is 1. The van der Waals surface area contributed by atoms with Gasteiger partial charge in [0.2, 0.25) is 10.0 Å². The molecule has 2 heterocycles. The molecule has 6 nitrogen and oxygen atoms in total. The number of sulfonamides is 1. The lowest BCUT2D eigenvalue weighted by Crippen LogP contribution is -2.46. The van der Waals surface area contributed by atoms with Gasteiger partial charge in [0.25, 0.3) is 0 Å². The van der Waals surface area contributed by atoms with Gasteiger partial charge in [-0.1, -0.05) is 0 Å². The molecular weight excluding hydrogens is 252 g/mol. The minimum atomic E-state index is -3.50. The van der Waals surface area contributed by atoms with Gasteiger partial charge in [-0.2, -0.15) is 0 Å². The van der Waals surface area contributed by atoms with Crippen molar-refractivity contribution in [3.63, 3.8) is 0 Å². The summed E-state index contributed by atoms with van der Waals surface area (Å²) >= 11 is 0. The quantitative estimate of drug-likeness (QED) is 0.809. The SMILES string of the molecule is CN1CCCC(NS(=O)(=O)c2ccnc(N)c2)C1. The molecule has 2 rings (SSSR count). The van der Waals surface area contributed by atoms with Crippen LogP contribution < -0.4 is 10.5 Å². The number of nitrogens with one attached hydrogen (secondary N) is 1. The Morgan fingerprint density at radius 2 is 2.33 bits per heavy atom. The number of pyridine rings is 1. The molecule has 1 atom stereocenters. The Morgan fingerprint density at radius 3 is 3.00 bits per heavy atom. The number of hydrogen-bond acceptors (Lipinski definition) is 5. The topological polar surface area (TPSA) is 88.3 Å². The van der Waals surface area contributed by atoms with Gasteiger partial charge in [0, 0.05) is 24.8 Å². The molecule has 0 amide bonds. The van der Waals surface area contributed by atoms with Crippen LogP contribution in [0.2, 0.25) is 0 Å². The van der Waals surface area contributed by atoms with E-state index in [2.05, 4.69) is 14.6 Å². The van der Waals surface area contributed by atoms with Crippen LogP contribution in [0.1, 0.15) is 12.8 Å². The first kappa shape index (κ1) is 13.3. The highest BCUT2D eigenvalue weighted by atomic mass is 32.2. The molecule has 1 aromatic heterocycles. The second-order valence-electron chi connectivity index (χ2n) is 4.64. The number of anilines is 1. The van der Waals surface area contributed by atoms with Crippen molar-refractivity contribution in [1.82, 2.24) is 14.6 Å². The Kier molecular flexibility index (Phi) is 3.84. The van der Waals surface area contributed by atoms with E-state index in [0.717, 1.165) is 25.9 Å². The Bertz CT molecular complexity index is 518. The van der Waals surface area contributed by atoms with Crippen molar-refractivity contribution in [1.29, 1.82) is 0 Å². The van der Waals surface area contributed by atoms with Gasteiger partial charge >= 0.3 is 0 Å². The fourth-order valence-electron chi connectivity index (χ4n) is 2.15. The van der Waals surface area contributed by atoms with E-state index in [1.165, 1.54) is 18.3 Å². The summed E-state index contributed by atoms with van der Waals surface area (Å²) in [7, 11) is -1.51. The van der Waals surface area contributed by atoms with E-state index in [-0.39, 0.29) is 16.8 Å². The number of nitrogens with two attached hydrogens (primary N) is 1. The zero-order valence-corrected chi connectivity index (χ0v) is 11.2. The van der Waals surface area contributed by atoms with E-state index in [0.29, 0.717) is 0 Å². The summed E-state index contributed by atoms with van der Waals surface area (Å²) in [5.74, 6) is 0.207. The molecular formula is C11H18N4O2S. The van der Waals surface area contributed by atoms with Gasteiger partial charge in [0.05, 0.1) is 4.90 Å². The Hall–Kier alpha value is -1.18. The lowest BCUT2D eigenvalue weighted by molar-refractivity contribution is 0.242. The van der Waals surface area contributed by atoms with Gasteiger partial charge in [-0.05, 0) is 32.5 Å². The summed E-state index contributed by atoms with van der Waals surface area (Å²) in [6.07, 6.45) is 3.27. The molecule has 100 valence electrons. The van der Waals surface area contributed by atoms with Gasteiger partial charge in [-0.3, -0.25) is 0 Å². The van der Waals surface area contributed by atoms with Crippen LogP contribution in [-0.2, 0) is 10.0 Å². The largest absolute Gasteiger partial charge is 0.384 e. The molecule has 0 bridgehead atoms. The minimum Gasteiger partial charge on any atom is -0.384 e. The third-order valence-electron chi connectivity index (χ3n) is 3.01. The molecule has 1 aliphatic heterocycles. The maximum absolute atomic E-state index is 12.1. The summed E-state index contributed by atoms with van der Waals surface area (Å²) in [4.78, 5) is 6.08. The summed E-state index contributed by atoms with van der Waals surface area (Å²) in [5.41, 5.74) is 5.50. The van der Waals surface area contributed by atoms with Crippen LogP contribution in [0.5, 0.6) is 0 Å². The molecule has 0 aromatic carbocycles. The monoisotopic (exact) mass is 270 g/mol. The highest BCUT2D eigenvalue weighted by Gasteiger charge is 2.23. The highest BCUT2D eigenvalue weighted by molar-refractivity contribution is 7.89. The average Bonchev–Trinajstić information content (AvgIpc) is 2.28.